The highest BCUT2D eigenvalue weighted by atomic mass is 32.2. The monoisotopic (exact) mass is 243 g/mol. The highest BCUT2D eigenvalue weighted by molar-refractivity contribution is 7.92. The van der Waals surface area contributed by atoms with Gasteiger partial charge in [0.1, 0.15) is 4.90 Å². The van der Waals surface area contributed by atoms with Crippen molar-refractivity contribution in [2.75, 3.05) is 4.72 Å². The quantitative estimate of drug-likeness (QED) is 0.796. The van der Waals surface area contributed by atoms with E-state index >= 15 is 0 Å². The predicted octanol–water partition coefficient (Wildman–Crippen LogP) is 0.210. The van der Waals surface area contributed by atoms with Crippen LogP contribution >= 0.6 is 0 Å². The van der Waals surface area contributed by atoms with E-state index in [2.05, 4.69) is 25.1 Å². The Hall–Kier alpha value is -1.90. The van der Waals surface area contributed by atoms with Gasteiger partial charge in [-0.2, -0.15) is 5.10 Å². The van der Waals surface area contributed by atoms with Gasteiger partial charge in [0, 0.05) is 6.92 Å². The summed E-state index contributed by atoms with van der Waals surface area (Å²) < 4.78 is 30.7. The Bertz CT molecular complexity index is 599. The lowest BCUT2D eigenvalue weighted by molar-refractivity contribution is 0.534. The highest BCUT2D eigenvalue weighted by Crippen LogP contribution is 2.15. The summed E-state index contributed by atoms with van der Waals surface area (Å²) in [5.74, 6) is 0.279. The largest absolute Gasteiger partial charge is 0.408 e. The second-order valence-corrected chi connectivity index (χ2v) is 4.74. The van der Waals surface area contributed by atoms with Crippen molar-refractivity contribution in [3.05, 3.63) is 17.8 Å². The number of hydrogen-bond acceptors (Lipinski definition) is 6. The van der Waals surface area contributed by atoms with Gasteiger partial charge < -0.3 is 4.42 Å². The van der Waals surface area contributed by atoms with E-state index in [-0.39, 0.29) is 16.8 Å². The summed E-state index contributed by atoms with van der Waals surface area (Å²) >= 11 is 0. The summed E-state index contributed by atoms with van der Waals surface area (Å²) in [6, 6.07) is -0.168. The van der Waals surface area contributed by atoms with Crippen LogP contribution in [0.15, 0.2) is 15.5 Å². The molecule has 2 aromatic heterocycles. The van der Waals surface area contributed by atoms with E-state index < -0.39 is 10.0 Å². The zero-order chi connectivity index (χ0) is 11.8. The number of aryl methyl sites for hydroxylation is 2. The molecule has 2 aromatic rings. The number of aromatic nitrogens is 4. The van der Waals surface area contributed by atoms with Crippen LogP contribution in [0.25, 0.3) is 0 Å². The van der Waals surface area contributed by atoms with Gasteiger partial charge in [0.25, 0.3) is 10.0 Å². The molecule has 16 heavy (non-hydrogen) atoms. The zero-order valence-corrected chi connectivity index (χ0v) is 9.37. The molecule has 0 aromatic carbocycles. The Balaban J connectivity index is 2.31. The normalized spacial score (nSPS) is 11.6. The van der Waals surface area contributed by atoms with Crippen LogP contribution in [0.4, 0.5) is 6.01 Å². The fourth-order valence-electron chi connectivity index (χ4n) is 1.12. The number of sulfonamides is 1. The van der Waals surface area contributed by atoms with Gasteiger partial charge in [0.15, 0.2) is 0 Å². The number of H-pyrrole nitrogens is 1. The Labute approximate surface area is 91.1 Å². The van der Waals surface area contributed by atoms with Crippen molar-refractivity contribution >= 4 is 16.0 Å². The van der Waals surface area contributed by atoms with Crippen LogP contribution in [-0.4, -0.2) is 28.8 Å². The van der Waals surface area contributed by atoms with Crippen LogP contribution in [0.1, 0.15) is 11.6 Å². The Morgan fingerprint density at radius 2 is 2.12 bits per heavy atom. The lowest BCUT2D eigenvalue weighted by atomic mass is 10.5. The molecule has 0 aliphatic rings. The molecule has 2 N–H and O–H groups in total. The topological polar surface area (TPSA) is 114 Å². The second-order valence-electron chi connectivity index (χ2n) is 3.09. The zero-order valence-electron chi connectivity index (χ0n) is 8.55. The summed E-state index contributed by atoms with van der Waals surface area (Å²) in [7, 11) is -3.73. The summed E-state index contributed by atoms with van der Waals surface area (Å²) in [4.78, 5) is 0.0448. The standard InChI is InChI=1S/C7H9N5O3S/c1-4-6(3-8-9-4)16(13,14)12-7-11-10-5(2)15-7/h3H,1-2H3,(H,8,9)(H,11,12). The van der Waals surface area contributed by atoms with Gasteiger partial charge in [-0.1, -0.05) is 5.10 Å². The molecule has 0 saturated heterocycles. The van der Waals surface area contributed by atoms with Gasteiger partial charge in [-0.25, -0.2) is 13.1 Å². The third kappa shape index (κ3) is 1.89. The van der Waals surface area contributed by atoms with Crippen molar-refractivity contribution in [2.45, 2.75) is 18.7 Å². The minimum atomic E-state index is -3.73. The van der Waals surface area contributed by atoms with Gasteiger partial charge in [-0.05, 0) is 6.92 Å². The van der Waals surface area contributed by atoms with Gasteiger partial charge in [-0.3, -0.25) is 5.10 Å². The van der Waals surface area contributed by atoms with Crippen LogP contribution in [0.5, 0.6) is 0 Å². The van der Waals surface area contributed by atoms with Crippen molar-refractivity contribution in [3.63, 3.8) is 0 Å². The lowest BCUT2D eigenvalue weighted by Crippen LogP contribution is -2.13. The van der Waals surface area contributed by atoms with E-state index in [1.807, 2.05) is 0 Å². The summed E-state index contributed by atoms with van der Waals surface area (Å²) in [6.45, 7) is 3.16. The first-order valence-corrected chi connectivity index (χ1v) is 5.80. The molecular formula is C7H9N5O3S. The van der Waals surface area contributed by atoms with Crippen LogP contribution < -0.4 is 4.72 Å². The van der Waals surface area contributed by atoms with E-state index in [9.17, 15) is 8.42 Å². The summed E-state index contributed by atoms with van der Waals surface area (Å²) in [6.07, 6.45) is 1.21. The van der Waals surface area contributed by atoms with Gasteiger partial charge in [0.2, 0.25) is 5.89 Å². The van der Waals surface area contributed by atoms with E-state index in [4.69, 9.17) is 4.42 Å². The van der Waals surface area contributed by atoms with E-state index in [0.717, 1.165) is 0 Å². The maximum absolute atomic E-state index is 11.8. The molecule has 0 saturated carbocycles. The smallest absolute Gasteiger partial charge is 0.329 e. The van der Waals surface area contributed by atoms with Crippen molar-refractivity contribution in [1.82, 2.24) is 20.4 Å². The van der Waals surface area contributed by atoms with Crippen molar-refractivity contribution in [3.8, 4) is 0 Å². The molecule has 9 heteroatoms. The number of nitrogens with zero attached hydrogens (tertiary/aromatic N) is 3. The molecular weight excluding hydrogens is 234 g/mol. The average Bonchev–Trinajstić information content (AvgIpc) is 2.74. The molecule has 0 aliphatic heterocycles. The molecule has 0 bridgehead atoms. The average molecular weight is 243 g/mol. The van der Waals surface area contributed by atoms with E-state index in [1.165, 1.54) is 6.20 Å². The number of hydrogen-bond donors (Lipinski definition) is 2. The SMILES string of the molecule is Cc1nnc(NS(=O)(=O)c2cn[nH]c2C)o1. The molecule has 0 amide bonds. The summed E-state index contributed by atoms with van der Waals surface area (Å²) in [5.41, 5.74) is 0.434. The fraction of sp³-hybridized carbons (Fsp3) is 0.286. The molecule has 0 spiro atoms. The predicted molar refractivity (Wildman–Crippen MR) is 53.2 cm³/mol. The van der Waals surface area contributed by atoms with Gasteiger partial charge in [0.05, 0.1) is 11.9 Å². The first-order chi connectivity index (χ1) is 7.49. The number of nitrogens with one attached hydrogen (secondary N) is 2. The highest BCUT2D eigenvalue weighted by Gasteiger charge is 2.20. The van der Waals surface area contributed by atoms with E-state index in [1.54, 1.807) is 13.8 Å². The van der Waals surface area contributed by atoms with Crippen LogP contribution in [-0.2, 0) is 10.0 Å². The fourth-order valence-corrected chi connectivity index (χ4v) is 2.18. The van der Waals surface area contributed by atoms with Crippen molar-refractivity contribution in [1.29, 1.82) is 0 Å². The first-order valence-electron chi connectivity index (χ1n) is 4.32. The Morgan fingerprint density at radius 3 is 2.62 bits per heavy atom. The first kappa shape index (κ1) is 10.6. The van der Waals surface area contributed by atoms with E-state index in [0.29, 0.717) is 5.69 Å². The molecule has 86 valence electrons. The summed E-state index contributed by atoms with van der Waals surface area (Å²) in [5, 5.41) is 13.2. The van der Waals surface area contributed by atoms with Crippen LogP contribution in [0, 0.1) is 13.8 Å². The minimum Gasteiger partial charge on any atom is -0.408 e. The Kier molecular flexibility index (Phi) is 2.38. The molecule has 0 unspecified atom stereocenters. The molecule has 2 rings (SSSR count). The minimum absolute atomic E-state index is 0.0448. The third-order valence-electron chi connectivity index (χ3n) is 1.82. The number of anilines is 1. The molecule has 0 radical (unpaired) electrons. The van der Waals surface area contributed by atoms with Gasteiger partial charge >= 0.3 is 6.01 Å². The number of rotatable bonds is 3. The molecule has 0 atom stereocenters. The maximum Gasteiger partial charge on any atom is 0.329 e. The van der Waals surface area contributed by atoms with Crippen LogP contribution in [0.2, 0.25) is 0 Å². The number of aromatic amines is 1. The maximum atomic E-state index is 11.8. The van der Waals surface area contributed by atoms with Crippen molar-refractivity contribution in [2.24, 2.45) is 0 Å². The molecule has 0 fully saturated rings. The molecule has 0 aliphatic carbocycles. The van der Waals surface area contributed by atoms with Crippen molar-refractivity contribution < 1.29 is 12.8 Å². The van der Waals surface area contributed by atoms with Crippen LogP contribution in [0.3, 0.4) is 0 Å². The van der Waals surface area contributed by atoms with Gasteiger partial charge in [-0.15, -0.1) is 5.10 Å². The second kappa shape index (κ2) is 3.59. The lowest BCUT2D eigenvalue weighted by Gasteiger charge is -2.01. The molecule has 2 heterocycles. The third-order valence-corrected chi connectivity index (χ3v) is 3.25. The molecule has 8 nitrogen and oxygen atoms in total. The Morgan fingerprint density at radius 1 is 1.38 bits per heavy atom.